The van der Waals surface area contributed by atoms with Gasteiger partial charge in [-0.3, -0.25) is 4.79 Å². The highest BCUT2D eigenvalue weighted by atomic mass is 32.1. The molecule has 1 aromatic rings. The normalized spacial score (nSPS) is 13.8. The van der Waals surface area contributed by atoms with Crippen LogP contribution in [0.1, 0.15) is 12.5 Å². The number of hydrogen-bond acceptors (Lipinski definition) is 4. The van der Waals surface area contributed by atoms with Crippen LogP contribution in [-0.4, -0.2) is 22.7 Å². The third kappa shape index (κ3) is 2.98. The Morgan fingerprint density at radius 3 is 2.29 bits per heavy atom. The highest BCUT2D eigenvalue weighted by molar-refractivity contribution is 7.80. The molecule has 1 aromatic carbocycles. The van der Waals surface area contributed by atoms with Crippen LogP contribution < -0.4 is 11.1 Å². The molecule has 0 saturated heterocycles. The number of carbonyl (C=O) groups excluding carboxylic acids is 1. The third-order valence-corrected chi connectivity index (χ3v) is 2.85. The molecular weight excluding hydrogens is 240 g/mol. The van der Waals surface area contributed by atoms with Gasteiger partial charge in [-0.05, 0) is 17.7 Å². The van der Waals surface area contributed by atoms with Crippen LogP contribution >= 0.6 is 12.6 Å². The topological polar surface area (TPSA) is 92.4 Å². The van der Waals surface area contributed by atoms with Crippen molar-refractivity contribution in [3.8, 4) is 0 Å². The number of hydrogen-bond donors (Lipinski definition) is 4. The van der Waals surface area contributed by atoms with E-state index in [0.717, 1.165) is 0 Å². The summed E-state index contributed by atoms with van der Waals surface area (Å²) in [6, 6.07) is 6.33. The second kappa shape index (κ2) is 5.20. The Kier molecular flexibility index (Phi) is 4.14. The predicted octanol–water partition coefficient (Wildman–Crippen LogP) is 0.813. The van der Waals surface area contributed by atoms with Crippen molar-refractivity contribution in [3.63, 3.8) is 0 Å². The Morgan fingerprint density at radius 1 is 1.41 bits per heavy atom. The van der Waals surface area contributed by atoms with Gasteiger partial charge in [0.2, 0.25) is 5.91 Å². The Labute approximate surface area is 104 Å². The van der Waals surface area contributed by atoms with Gasteiger partial charge in [0, 0.05) is 18.4 Å². The van der Waals surface area contributed by atoms with Crippen LogP contribution in [0, 0.1) is 0 Å². The molecule has 0 aliphatic rings. The van der Waals surface area contributed by atoms with Crippen LogP contribution in [0.5, 0.6) is 0 Å². The zero-order valence-electron chi connectivity index (χ0n) is 9.30. The van der Waals surface area contributed by atoms with Gasteiger partial charge in [0.25, 0.3) is 0 Å². The van der Waals surface area contributed by atoms with E-state index >= 15 is 0 Å². The van der Waals surface area contributed by atoms with E-state index in [9.17, 15) is 9.59 Å². The molecule has 5 nitrogen and oxygen atoms in total. The highest BCUT2D eigenvalue weighted by Gasteiger charge is 2.34. The molecule has 92 valence electrons. The summed E-state index contributed by atoms with van der Waals surface area (Å²) >= 11 is 3.96. The summed E-state index contributed by atoms with van der Waals surface area (Å²) in [4.78, 5) is 21.9. The van der Waals surface area contributed by atoms with E-state index in [1.165, 1.54) is 6.92 Å². The van der Waals surface area contributed by atoms with Crippen molar-refractivity contribution in [1.82, 2.24) is 0 Å². The van der Waals surface area contributed by atoms with Crippen LogP contribution in [0.2, 0.25) is 0 Å². The average molecular weight is 254 g/mol. The maximum atomic E-state index is 11.1. The Balaban J connectivity index is 3.01. The number of nitrogens with one attached hydrogen (secondary N) is 1. The maximum absolute atomic E-state index is 11.1. The molecule has 0 aliphatic heterocycles. The quantitative estimate of drug-likeness (QED) is 0.598. The average Bonchev–Trinajstić information content (AvgIpc) is 2.28. The molecular formula is C11H14N2O3S. The molecule has 0 spiro atoms. The van der Waals surface area contributed by atoms with E-state index in [0.29, 0.717) is 11.3 Å². The van der Waals surface area contributed by atoms with Gasteiger partial charge in [0.15, 0.2) is 0 Å². The van der Waals surface area contributed by atoms with Crippen LogP contribution in [-0.2, 0) is 15.1 Å². The zero-order valence-corrected chi connectivity index (χ0v) is 10.2. The first-order valence-electron chi connectivity index (χ1n) is 4.91. The fraction of sp³-hybridized carbons (Fsp3) is 0.273. The zero-order chi connectivity index (χ0) is 13.1. The van der Waals surface area contributed by atoms with Crippen molar-refractivity contribution in [2.24, 2.45) is 5.73 Å². The largest absolute Gasteiger partial charge is 0.480 e. The number of nitrogens with two attached hydrogens (primary N) is 1. The van der Waals surface area contributed by atoms with Gasteiger partial charge < -0.3 is 16.2 Å². The summed E-state index contributed by atoms with van der Waals surface area (Å²) in [5.41, 5.74) is 5.26. The Morgan fingerprint density at radius 2 is 1.94 bits per heavy atom. The standard InChI is InChI=1S/C11H14N2O3S/c1-7(14)13-9-4-2-8(3-5-9)11(12,6-17)10(15)16/h2-5,17H,6,12H2,1H3,(H,13,14)(H,15,16). The summed E-state index contributed by atoms with van der Waals surface area (Å²) in [7, 11) is 0. The van der Waals surface area contributed by atoms with Gasteiger partial charge >= 0.3 is 5.97 Å². The molecule has 0 fully saturated rings. The Bertz CT molecular complexity index is 433. The van der Waals surface area contributed by atoms with Crippen LogP contribution in [0.4, 0.5) is 5.69 Å². The highest BCUT2D eigenvalue weighted by Crippen LogP contribution is 2.22. The van der Waals surface area contributed by atoms with Crippen molar-refractivity contribution in [2.75, 3.05) is 11.1 Å². The van der Waals surface area contributed by atoms with Crippen molar-refractivity contribution in [3.05, 3.63) is 29.8 Å². The van der Waals surface area contributed by atoms with Crippen LogP contribution in [0.25, 0.3) is 0 Å². The molecule has 1 atom stereocenters. The number of aliphatic carboxylic acids is 1. The lowest BCUT2D eigenvalue weighted by Crippen LogP contribution is -2.46. The number of carboxylic acid groups (broad SMARTS) is 1. The van der Waals surface area contributed by atoms with Gasteiger partial charge in [0.1, 0.15) is 5.54 Å². The molecule has 0 bridgehead atoms. The van der Waals surface area contributed by atoms with Gasteiger partial charge in [-0.15, -0.1) is 0 Å². The minimum atomic E-state index is -1.52. The number of carbonyl (C=O) groups is 2. The summed E-state index contributed by atoms with van der Waals surface area (Å²) in [6.45, 7) is 1.39. The first-order valence-corrected chi connectivity index (χ1v) is 5.54. The lowest BCUT2D eigenvalue weighted by atomic mass is 9.93. The van der Waals surface area contributed by atoms with E-state index in [1.54, 1.807) is 24.3 Å². The van der Waals surface area contributed by atoms with Crippen LogP contribution in [0.3, 0.4) is 0 Å². The molecule has 1 rings (SSSR count). The molecule has 0 aliphatic carbocycles. The molecule has 0 heterocycles. The second-order valence-electron chi connectivity index (χ2n) is 3.69. The van der Waals surface area contributed by atoms with Gasteiger partial charge in [0.05, 0.1) is 0 Å². The summed E-state index contributed by atoms with van der Waals surface area (Å²) < 4.78 is 0. The molecule has 17 heavy (non-hydrogen) atoms. The smallest absolute Gasteiger partial charge is 0.329 e. The number of thiol groups is 1. The molecule has 0 radical (unpaired) electrons. The van der Waals surface area contributed by atoms with Gasteiger partial charge in [-0.1, -0.05) is 12.1 Å². The van der Waals surface area contributed by atoms with Crippen molar-refractivity contribution in [2.45, 2.75) is 12.5 Å². The van der Waals surface area contributed by atoms with Crippen molar-refractivity contribution in [1.29, 1.82) is 0 Å². The van der Waals surface area contributed by atoms with Gasteiger partial charge in [-0.25, -0.2) is 4.79 Å². The van der Waals surface area contributed by atoms with Crippen LogP contribution in [0.15, 0.2) is 24.3 Å². The number of amides is 1. The van der Waals surface area contributed by atoms with E-state index in [2.05, 4.69) is 17.9 Å². The number of benzene rings is 1. The third-order valence-electron chi connectivity index (χ3n) is 2.35. The summed E-state index contributed by atoms with van der Waals surface area (Å²) in [5, 5.41) is 11.6. The minimum Gasteiger partial charge on any atom is -0.480 e. The summed E-state index contributed by atoms with van der Waals surface area (Å²) in [6.07, 6.45) is 0. The predicted molar refractivity (Wildman–Crippen MR) is 68.1 cm³/mol. The van der Waals surface area contributed by atoms with E-state index in [1.807, 2.05) is 0 Å². The van der Waals surface area contributed by atoms with Crippen molar-refractivity contribution >= 4 is 30.2 Å². The molecule has 0 aromatic heterocycles. The Hall–Kier alpha value is -1.53. The fourth-order valence-corrected chi connectivity index (χ4v) is 1.65. The first kappa shape index (κ1) is 13.5. The van der Waals surface area contributed by atoms with Crippen molar-refractivity contribution < 1.29 is 14.7 Å². The monoisotopic (exact) mass is 254 g/mol. The number of rotatable bonds is 4. The van der Waals surface area contributed by atoms with Gasteiger partial charge in [-0.2, -0.15) is 12.6 Å². The second-order valence-corrected chi connectivity index (χ2v) is 4.01. The molecule has 1 amide bonds. The number of carboxylic acids is 1. The first-order chi connectivity index (χ1) is 7.90. The molecule has 0 saturated carbocycles. The molecule has 1 unspecified atom stereocenters. The van der Waals surface area contributed by atoms with E-state index in [4.69, 9.17) is 10.8 Å². The maximum Gasteiger partial charge on any atom is 0.329 e. The lowest BCUT2D eigenvalue weighted by Gasteiger charge is -2.23. The SMILES string of the molecule is CC(=O)Nc1ccc(C(N)(CS)C(=O)O)cc1. The number of anilines is 1. The molecule has 4 N–H and O–H groups in total. The lowest BCUT2D eigenvalue weighted by molar-refractivity contribution is -0.142. The molecule has 6 heteroatoms. The summed E-state index contributed by atoms with van der Waals surface area (Å²) in [5.74, 6) is -1.34. The van der Waals surface area contributed by atoms with E-state index in [-0.39, 0.29) is 11.7 Å². The van der Waals surface area contributed by atoms with E-state index < -0.39 is 11.5 Å². The fourth-order valence-electron chi connectivity index (χ4n) is 1.34. The minimum absolute atomic E-state index is 0.0121.